The third-order valence-corrected chi connectivity index (χ3v) is 3.60. The predicted octanol–water partition coefficient (Wildman–Crippen LogP) is 4.39. The van der Waals surface area contributed by atoms with Gasteiger partial charge in [-0.15, -0.1) is 0 Å². The number of benzene rings is 1. The van der Waals surface area contributed by atoms with Crippen molar-refractivity contribution in [1.82, 2.24) is 4.90 Å². The Hall–Kier alpha value is -1.02. The van der Waals surface area contributed by atoms with Crippen LogP contribution in [0.3, 0.4) is 0 Å². The summed E-state index contributed by atoms with van der Waals surface area (Å²) in [4.78, 5) is 2.63. The van der Waals surface area contributed by atoms with Crippen molar-refractivity contribution in [2.75, 3.05) is 25.0 Å². The molecular formula is C17H30N2. The molecule has 1 aromatic carbocycles. The van der Waals surface area contributed by atoms with Crippen LogP contribution in [0.15, 0.2) is 30.3 Å². The molecule has 1 aromatic rings. The number of nitrogens with zero attached hydrogens (tertiary/aromatic N) is 1. The summed E-state index contributed by atoms with van der Waals surface area (Å²) < 4.78 is 0. The molecule has 2 heteroatoms. The third-order valence-electron chi connectivity index (χ3n) is 3.60. The van der Waals surface area contributed by atoms with Crippen molar-refractivity contribution in [3.05, 3.63) is 30.3 Å². The summed E-state index contributed by atoms with van der Waals surface area (Å²) in [6.07, 6.45) is 5.17. The molecule has 0 saturated carbocycles. The molecular weight excluding hydrogens is 232 g/mol. The minimum Gasteiger partial charge on any atom is -0.383 e. The van der Waals surface area contributed by atoms with Crippen molar-refractivity contribution in [1.29, 1.82) is 0 Å². The Bertz CT molecular complexity index is 302. The molecule has 0 aliphatic rings. The molecule has 0 aliphatic heterocycles. The van der Waals surface area contributed by atoms with Gasteiger partial charge in [0.25, 0.3) is 0 Å². The van der Waals surface area contributed by atoms with E-state index < -0.39 is 0 Å². The van der Waals surface area contributed by atoms with Crippen molar-refractivity contribution in [3.63, 3.8) is 0 Å². The number of anilines is 1. The monoisotopic (exact) mass is 262 g/mol. The summed E-state index contributed by atoms with van der Waals surface area (Å²) in [6, 6.07) is 11.1. The largest absolute Gasteiger partial charge is 0.383 e. The summed E-state index contributed by atoms with van der Waals surface area (Å²) in [5, 5.41) is 3.54. The van der Waals surface area contributed by atoms with Crippen LogP contribution in [0.5, 0.6) is 0 Å². The van der Waals surface area contributed by atoms with Crippen LogP contribution in [0.25, 0.3) is 0 Å². The molecule has 1 N–H and O–H groups in total. The fourth-order valence-electron chi connectivity index (χ4n) is 2.23. The van der Waals surface area contributed by atoms with Gasteiger partial charge in [0.15, 0.2) is 0 Å². The average molecular weight is 262 g/mol. The molecule has 2 nitrogen and oxygen atoms in total. The number of hydrogen-bond acceptors (Lipinski definition) is 2. The first-order valence-corrected chi connectivity index (χ1v) is 7.80. The highest BCUT2D eigenvalue weighted by Crippen LogP contribution is 2.09. The molecule has 0 saturated heterocycles. The minimum atomic E-state index is 0.596. The molecule has 1 rings (SSSR count). The molecule has 0 fully saturated rings. The Morgan fingerprint density at radius 1 is 1.00 bits per heavy atom. The smallest absolute Gasteiger partial charge is 0.0340 e. The van der Waals surface area contributed by atoms with Gasteiger partial charge in [-0.2, -0.15) is 0 Å². The number of hydrogen-bond donors (Lipinski definition) is 1. The standard InChI is InChI=1S/C17H30N2/c1-4-6-13-19(14-7-5-2)16(3)15-18-17-11-9-8-10-12-17/h8-12,16,18H,4-7,13-15H2,1-3H3. The lowest BCUT2D eigenvalue weighted by molar-refractivity contribution is 0.210. The van der Waals surface area contributed by atoms with Crippen LogP contribution in [0.2, 0.25) is 0 Å². The molecule has 0 aliphatic carbocycles. The highest BCUT2D eigenvalue weighted by Gasteiger charge is 2.12. The Morgan fingerprint density at radius 3 is 2.11 bits per heavy atom. The Labute approximate surface area is 119 Å². The summed E-state index contributed by atoms with van der Waals surface area (Å²) in [7, 11) is 0. The topological polar surface area (TPSA) is 15.3 Å². The van der Waals surface area contributed by atoms with Crippen LogP contribution in [0, 0.1) is 0 Å². The molecule has 0 bridgehead atoms. The molecule has 0 radical (unpaired) electrons. The van der Waals surface area contributed by atoms with Crippen LogP contribution in [-0.2, 0) is 0 Å². The molecule has 0 spiro atoms. The molecule has 1 unspecified atom stereocenters. The molecule has 0 aromatic heterocycles. The quantitative estimate of drug-likeness (QED) is 0.673. The lowest BCUT2D eigenvalue weighted by Gasteiger charge is -2.29. The van der Waals surface area contributed by atoms with Crippen LogP contribution >= 0.6 is 0 Å². The van der Waals surface area contributed by atoms with E-state index in [-0.39, 0.29) is 0 Å². The SMILES string of the molecule is CCCCN(CCCC)C(C)CNc1ccccc1. The van der Waals surface area contributed by atoms with E-state index in [1.54, 1.807) is 0 Å². The molecule has 1 atom stereocenters. The molecule has 19 heavy (non-hydrogen) atoms. The second kappa shape index (κ2) is 9.85. The molecule has 0 amide bonds. The number of unbranched alkanes of at least 4 members (excludes halogenated alkanes) is 2. The van der Waals surface area contributed by atoms with Crippen LogP contribution < -0.4 is 5.32 Å². The average Bonchev–Trinajstić information content (AvgIpc) is 2.46. The lowest BCUT2D eigenvalue weighted by Crippen LogP contribution is -2.39. The Kier molecular flexibility index (Phi) is 8.31. The molecule has 108 valence electrons. The summed E-state index contributed by atoms with van der Waals surface area (Å²) >= 11 is 0. The van der Waals surface area contributed by atoms with E-state index in [0.29, 0.717) is 6.04 Å². The van der Waals surface area contributed by atoms with Gasteiger partial charge in [-0.3, -0.25) is 4.90 Å². The fourth-order valence-corrected chi connectivity index (χ4v) is 2.23. The van der Waals surface area contributed by atoms with E-state index in [1.807, 2.05) is 0 Å². The van der Waals surface area contributed by atoms with E-state index >= 15 is 0 Å². The van der Waals surface area contributed by atoms with Crippen molar-refractivity contribution in [2.45, 2.75) is 52.5 Å². The Morgan fingerprint density at radius 2 is 1.58 bits per heavy atom. The number of nitrogens with one attached hydrogen (secondary N) is 1. The first kappa shape index (κ1) is 16.0. The first-order chi connectivity index (χ1) is 9.27. The van der Waals surface area contributed by atoms with E-state index in [4.69, 9.17) is 0 Å². The fraction of sp³-hybridized carbons (Fsp3) is 0.647. The summed E-state index contributed by atoms with van der Waals surface area (Å²) in [6.45, 7) is 10.4. The van der Waals surface area contributed by atoms with Crippen molar-refractivity contribution in [2.24, 2.45) is 0 Å². The van der Waals surface area contributed by atoms with Crippen molar-refractivity contribution < 1.29 is 0 Å². The maximum atomic E-state index is 3.54. The van der Waals surface area contributed by atoms with Crippen LogP contribution in [-0.4, -0.2) is 30.6 Å². The third kappa shape index (κ3) is 6.63. The zero-order chi connectivity index (χ0) is 13.9. The van der Waals surface area contributed by atoms with Gasteiger partial charge >= 0.3 is 0 Å². The zero-order valence-corrected chi connectivity index (χ0v) is 12.9. The van der Waals surface area contributed by atoms with E-state index in [2.05, 4.69) is 61.3 Å². The second-order valence-electron chi connectivity index (χ2n) is 5.34. The number of rotatable bonds is 10. The summed E-state index contributed by atoms with van der Waals surface area (Å²) in [5.41, 5.74) is 1.22. The van der Waals surface area contributed by atoms with Gasteiger partial charge in [-0.1, -0.05) is 44.9 Å². The van der Waals surface area contributed by atoms with Crippen molar-refractivity contribution in [3.8, 4) is 0 Å². The van der Waals surface area contributed by atoms with Gasteiger partial charge < -0.3 is 5.32 Å². The van der Waals surface area contributed by atoms with E-state index in [0.717, 1.165) is 6.54 Å². The normalized spacial score (nSPS) is 12.6. The predicted molar refractivity (Wildman–Crippen MR) is 85.8 cm³/mol. The summed E-state index contributed by atoms with van der Waals surface area (Å²) in [5.74, 6) is 0. The first-order valence-electron chi connectivity index (χ1n) is 7.80. The molecule has 0 heterocycles. The highest BCUT2D eigenvalue weighted by molar-refractivity contribution is 5.42. The van der Waals surface area contributed by atoms with Gasteiger partial charge in [0.05, 0.1) is 0 Å². The second-order valence-corrected chi connectivity index (χ2v) is 5.34. The zero-order valence-electron chi connectivity index (χ0n) is 12.9. The van der Waals surface area contributed by atoms with Crippen LogP contribution in [0.1, 0.15) is 46.5 Å². The lowest BCUT2D eigenvalue weighted by atomic mass is 10.2. The van der Waals surface area contributed by atoms with Gasteiger partial charge in [-0.05, 0) is 45.0 Å². The Balaban J connectivity index is 2.39. The van der Waals surface area contributed by atoms with E-state index in [9.17, 15) is 0 Å². The van der Waals surface area contributed by atoms with Gasteiger partial charge in [0.2, 0.25) is 0 Å². The minimum absolute atomic E-state index is 0.596. The maximum Gasteiger partial charge on any atom is 0.0340 e. The van der Waals surface area contributed by atoms with Gasteiger partial charge in [0.1, 0.15) is 0 Å². The highest BCUT2D eigenvalue weighted by atomic mass is 15.2. The van der Waals surface area contributed by atoms with Gasteiger partial charge in [-0.25, -0.2) is 0 Å². The van der Waals surface area contributed by atoms with Crippen molar-refractivity contribution >= 4 is 5.69 Å². The van der Waals surface area contributed by atoms with Crippen LogP contribution in [0.4, 0.5) is 5.69 Å². The van der Waals surface area contributed by atoms with Gasteiger partial charge in [0, 0.05) is 18.3 Å². The van der Waals surface area contributed by atoms with E-state index in [1.165, 1.54) is 44.5 Å². The number of para-hydroxylation sites is 1. The maximum absolute atomic E-state index is 3.54.